The summed E-state index contributed by atoms with van der Waals surface area (Å²) in [6.07, 6.45) is 0.758. The van der Waals surface area contributed by atoms with Crippen molar-refractivity contribution in [3.63, 3.8) is 0 Å². The average Bonchev–Trinajstić information content (AvgIpc) is 3.14. The standard InChI is InChI=1S/C21H20N4O2S/c1-3-13-25-19(26)15-10-6-5-9-14(15)18(23-25)20(27)24(4-2)21-22-16-11-7-8-12-17(16)28-21/h5-12H,3-4,13H2,1-2H3. The largest absolute Gasteiger partial charge is 0.283 e. The van der Waals surface area contributed by atoms with Crippen LogP contribution in [0.3, 0.4) is 0 Å². The van der Waals surface area contributed by atoms with Gasteiger partial charge in [0, 0.05) is 18.5 Å². The first kappa shape index (κ1) is 18.3. The molecule has 0 aliphatic carbocycles. The van der Waals surface area contributed by atoms with Gasteiger partial charge in [-0.25, -0.2) is 9.67 Å². The molecule has 28 heavy (non-hydrogen) atoms. The molecule has 0 aliphatic rings. The van der Waals surface area contributed by atoms with E-state index in [1.165, 1.54) is 16.0 Å². The molecule has 0 radical (unpaired) electrons. The first-order valence-corrected chi connectivity index (χ1v) is 10.1. The van der Waals surface area contributed by atoms with Gasteiger partial charge < -0.3 is 0 Å². The average molecular weight is 392 g/mol. The van der Waals surface area contributed by atoms with Crippen LogP contribution in [-0.2, 0) is 6.54 Å². The third-order valence-corrected chi connectivity index (χ3v) is 5.64. The van der Waals surface area contributed by atoms with Gasteiger partial charge in [-0.15, -0.1) is 0 Å². The topological polar surface area (TPSA) is 68.1 Å². The zero-order valence-corrected chi connectivity index (χ0v) is 16.6. The summed E-state index contributed by atoms with van der Waals surface area (Å²) >= 11 is 1.47. The maximum atomic E-state index is 13.4. The van der Waals surface area contributed by atoms with Crippen molar-refractivity contribution < 1.29 is 4.79 Å². The molecule has 0 saturated carbocycles. The summed E-state index contributed by atoms with van der Waals surface area (Å²) < 4.78 is 2.42. The number of aromatic nitrogens is 3. The van der Waals surface area contributed by atoms with Crippen LogP contribution in [-0.4, -0.2) is 27.2 Å². The number of fused-ring (bicyclic) bond motifs is 2. The van der Waals surface area contributed by atoms with E-state index >= 15 is 0 Å². The van der Waals surface area contributed by atoms with Crippen molar-refractivity contribution in [1.29, 1.82) is 0 Å². The van der Waals surface area contributed by atoms with Crippen molar-refractivity contribution in [2.75, 3.05) is 11.4 Å². The molecule has 142 valence electrons. The zero-order valence-electron chi connectivity index (χ0n) is 15.8. The van der Waals surface area contributed by atoms with Crippen molar-refractivity contribution in [2.45, 2.75) is 26.8 Å². The van der Waals surface area contributed by atoms with E-state index < -0.39 is 0 Å². The lowest BCUT2D eigenvalue weighted by molar-refractivity contribution is 0.0983. The van der Waals surface area contributed by atoms with Gasteiger partial charge in [0.15, 0.2) is 10.8 Å². The van der Waals surface area contributed by atoms with Gasteiger partial charge >= 0.3 is 0 Å². The molecule has 0 spiro atoms. The summed E-state index contributed by atoms with van der Waals surface area (Å²) in [5.41, 5.74) is 0.976. The lowest BCUT2D eigenvalue weighted by Crippen LogP contribution is -2.34. The Labute approximate surface area is 166 Å². The number of carbonyl (C=O) groups is 1. The predicted octanol–water partition coefficient (Wildman–Crippen LogP) is 4.08. The molecule has 0 aliphatic heterocycles. The van der Waals surface area contributed by atoms with E-state index in [1.54, 1.807) is 23.1 Å². The Morgan fingerprint density at radius 1 is 1.07 bits per heavy atom. The van der Waals surface area contributed by atoms with Gasteiger partial charge in [-0.2, -0.15) is 5.10 Å². The molecule has 0 atom stereocenters. The van der Waals surface area contributed by atoms with E-state index in [0.29, 0.717) is 29.0 Å². The number of thiazole rings is 1. The summed E-state index contributed by atoms with van der Waals surface area (Å²) in [6.45, 7) is 4.82. The number of para-hydroxylation sites is 1. The van der Waals surface area contributed by atoms with Gasteiger partial charge in [-0.3, -0.25) is 14.5 Å². The third-order valence-electron chi connectivity index (χ3n) is 4.58. The second kappa shape index (κ2) is 7.52. The molecule has 6 nitrogen and oxygen atoms in total. The third kappa shape index (κ3) is 3.07. The highest BCUT2D eigenvalue weighted by Crippen LogP contribution is 2.29. The zero-order chi connectivity index (χ0) is 19.7. The van der Waals surface area contributed by atoms with Gasteiger partial charge in [0.05, 0.1) is 15.6 Å². The number of benzene rings is 2. The summed E-state index contributed by atoms with van der Waals surface area (Å²) in [5.74, 6) is -0.248. The fourth-order valence-corrected chi connectivity index (χ4v) is 4.25. The van der Waals surface area contributed by atoms with Crippen LogP contribution in [0.15, 0.2) is 53.3 Å². The number of amides is 1. The number of anilines is 1. The monoisotopic (exact) mass is 392 g/mol. The molecular formula is C21H20N4O2S. The van der Waals surface area contributed by atoms with Crippen molar-refractivity contribution in [3.8, 4) is 0 Å². The molecule has 2 aromatic carbocycles. The number of aryl methyl sites for hydroxylation is 1. The molecule has 4 rings (SSSR count). The van der Waals surface area contributed by atoms with Crippen LogP contribution in [0, 0.1) is 0 Å². The molecular weight excluding hydrogens is 372 g/mol. The highest BCUT2D eigenvalue weighted by atomic mass is 32.1. The van der Waals surface area contributed by atoms with Crippen LogP contribution >= 0.6 is 11.3 Å². The summed E-state index contributed by atoms with van der Waals surface area (Å²) in [6, 6.07) is 15.0. The number of rotatable bonds is 5. The highest BCUT2D eigenvalue weighted by molar-refractivity contribution is 7.22. The molecule has 2 aromatic heterocycles. The Hall–Kier alpha value is -3.06. The minimum Gasteiger partial charge on any atom is -0.283 e. The molecule has 1 amide bonds. The quantitative estimate of drug-likeness (QED) is 0.513. The smallest absolute Gasteiger partial charge is 0.281 e. The second-order valence-corrected chi connectivity index (χ2v) is 7.45. The Kier molecular flexibility index (Phi) is 4.92. The summed E-state index contributed by atoms with van der Waals surface area (Å²) in [4.78, 5) is 32.4. The molecule has 0 fully saturated rings. The Morgan fingerprint density at radius 2 is 1.79 bits per heavy atom. The van der Waals surface area contributed by atoms with Gasteiger partial charge in [-0.1, -0.05) is 48.6 Å². The SMILES string of the molecule is CCCn1nc(C(=O)N(CC)c2nc3ccccc3s2)c2ccccc2c1=O. The van der Waals surface area contributed by atoms with Crippen LogP contribution in [0.4, 0.5) is 5.13 Å². The predicted molar refractivity (Wildman–Crippen MR) is 113 cm³/mol. The second-order valence-electron chi connectivity index (χ2n) is 6.44. The van der Waals surface area contributed by atoms with E-state index in [4.69, 9.17) is 0 Å². The maximum Gasteiger partial charge on any atom is 0.281 e. The fourth-order valence-electron chi connectivity index (χ4n) is 3.23. The maximum absolute atomic E-state index is 13.4. The van der Waals surface area contributed by atoms with Gasteiger partial charge in [0.2, 0.25) is 0 Å². The Balaban J connectivity index is 1.86. The molecule has 0 unspecified atom stereocenters. The first-order chi connectivity index (χ1) is 13.6. The van der Waals surface area contributed by atoms with E-state index in [2.05, 4.69) is 10.1 Å². The van der Waals surface area contributed by atoms with Gasteiger partial charge in [-0.05, 0) is 31.5 Å². The van der Waals surface area contributed by atoms with E-state index in [9.17, 15) is 9.59 Å². The minimum absolute atomic E-state index is 0.169. The fraction of sp³-hybridized carbons (Fsp3) is 0.238. The number of hydrogen-bond donors (Lipinski definition) is 0. The van der Waals surface area contributed by atoms with E-state index in [0.717, 1.165) is 16.6 Å². The molecule has 0 saturated heterocycles. The summed E-state index contributed by atoms with van der Waals surface area (Å²) in [5, 5.41) is 6.14. The minimum atomic E-state index is -0.248. The van der Waals surface area contributed by atoms with Gasteiger partial charge in [0.25, 0.3) is 11.5 Å². The van der Waals surface area contributed by atoms with E-state index in [-0.39, 0.29) is 17.2 Å². The molecule has 4 aromatic rings. The molecule has 7 heteroatoms. The summed E-state index contributed by atoms with van der Waals surface area (Å²) in [7, 11) is 0. The number of nitrogens with zero attached hydrogens (tertiary/aromatic N) is 4. The van der Waals surface area contributed by atoms with Gasteiger partial charge in [0.1, 0.15) is 0 Å². The molecule has 2 heterocycles. The molecule has 0 N–H and O–H groups in total. The normalized spacial score (nSPS) is 11.2. The lowest BCUT2D eigenvalue weighted by atomic mass is 10.1. The number of carbonyl (C=O) groups excluding carboxylic acids is 1. The van der Waals surface area contributed by atoms with Crippen molar-refractivity contribution >= 4 is 43.4 Å². The Bertz CT molecular complexity index is 1200. The van der Waals surface area contributed by atoms with Crippen LogP contribution in [0.5, 0.6) is 0 Å². The first-order valence-electron chi connectivity index (χ1n) is 9.31. The number of hydrogen-bond acceptors (Lipinski definition) is 5. The van der Waals surface area contributed by atoms with E-state index in [1.807, 2.05) is 44.2 Å². The molecule has 0 bridgehead atoms. The Morgan fingerprint density at radius 3 is 2.50 bits per heavy atom. The van der Waals surface area contributed by atoms with Crippen LogP contribution in [0.2, 0.25) is 0 Å². The van der Waals surface area contributed by atoms with Crippen molar-refractivity contribution in [2.24, 2.45) is 0 Å². The lowest BCUT2D eigenvalue weighted by Gasteiger charge is -2.18. The van der Waals surface area contributed by atoms with Crippen molar-refractivity contribution in [3.05, 3.63) is 64.6 Å². The van der Waals surface area contributed by atoms with Crippen molar-refractivity contribution in [1.82, 2.24) is 14.8 Å². The van der Waals surface area contributed by atoms with Crippen LogP contribution < -0.4 is 10.5 Å². The van der Waals surface area contributed by atoms with Crippen LogP contribution in [0.1, 0.15) is 30.8 Å². The highest BCUT2D eigenvalue weighted by Gasteiger charge is 2.24. The van der Waals surface area contributed by atoms with Crippen LogP contribution in [0.25, 0.3) is 21.0 Å².